The smallest absolute Gasteiger partial charge is 0.303 e. The van der Waals surface area contributed by atoms with E-state index in [9.17, 15) is 14.0 Å². The van der Waals surface area contributed by atoms with Crippen LogP contribution in [0.1, 0.15) is 29.2 Å². The summed E-state index contributed by atoms with van der Waals surface area (Å²) < 4.78 is 23.7. The van der Waals surface area contributed by atoms with Gasteiger partial charge in [0, 0.05) is 20.0 Å². The summed E-state index contributed by atoms with van der Waals surface area (Å²) in [5.74, 6) is -0.458. The first-order chi connectivity index (χ1) is 11.5. The van der Waals surface area contributed by atoms with Crippen molar-refractivity contribution in [2.45, 2.75) is 19.4 Å². The number of aliphatic carboxylic acids is 1. The molecule has 0 aliphatic carbocycles. The molecule has 7 heteroatoms. The Morgan fingerprint density at radius 2 is 1.92 bits per heavy atom. The van der Waals surface area contributed by atoms with E-state index in [0.29, 0.717) is 24.5 Å². The van der Waals surface area contributed by atoms with Gasteiger partial charge in [0.1, 0.15) is 23.9 Å². The maximum absolute atomic E-state index is 12.8. The summed E-state index contributed by atoms with van der Waals surface area (Å²) in [6.45, 7) is 0.439. The van der Waals surface area contributed by atoms with Gasteiger partial charge in [-0.2, -0.15) is 0 Å². The zero-order valence-electron chi connectivity index (χ0n) is 13.2. The number of hydrogen-bond donors (Lipinski definition) is 1. The van der Waals surface area contributed by atoms with Crippen molar-refractivity contribution < 1.29 is 28.2 Å². The van der Waals surface area contributed by atoms with Crippen molar-refractivity contribution in [3.63, 3.8) is 0 Å². The molecule has 1 amide bonds. The summed E-state index contributed by atoms with van der Waals surface area (Å²) in [6.07, 6.45) is 0.380. The molecule has 2 aromatic rings. The average molecular weight is 335 g/mol. The third kappa shape index (κ3) is 5.12. The fourth-order valence-electron chi connectivity index (χ4n) is 2.01. The second-order valence-electron chi connectivity index (χ2n) is 5.23. The number of carboxylic acids is 1. The maximum atomic E-state index is 12.8. The lowest BCUT2D eigenvalue weighted by Gasteiger charge is -2.14. The average Bonchev–Trinajstić information content (AvgIpc) is 3.02. The van der Waals surface area contributed by atoms with Crippen LogP contribution in [0.15, 0.2) is 40.8 Å². The fourth-order valence-corrected chi connectivity index (χ4v) is 2.01. The highest BCUT2D eigenvalue weighted by atomic mass is 19.1. The van der Waals surface area contributed by atoms with Gasteiger partial charge >= 0.3 is 5.97 Å². The summed E-state index contributed by atoms with van der Waals surface area (Å²) in [4.78, 5) is 24.0. The highest BCUT2D eigenvalue weighted by Crippen LogP contribution is 2.16. The minimum Gasteiger partial charge on any atom is -0.486 e. The monoisotopic (exact) mass is 335 g/mol. The Labute approximate surface area is 138 Å². The molecule has 24 heavy (non-hydrogen) atoms. The Morgan fingerprint density at radius 3 is 2.58 bits per heavy atom. The summed E-state index contributed by atoms with van der Waals surface area (Å²) >= 11 is 0. The summed E-state index contributed by atoms with van der Waals surface area (Å²) in [7, 11) is 1.58. The number of rotatable bonds is 8. The number of ether oxygens (including phenoxy) is 1. The second kappa shape index (κ2) is 8.14. The van der Waals surface area contributed by atoms with Gasteiger partial charge in [-0.15, -0.1) is 0 Å². The highest BCUT2D eigenvalue weighted by Gasteiger charge is 2.16. The van der Waals surface area contributed by atoms with E-state index < -0.39 is 5.97 Å². The standard InChI is InChI=1S/C17H18FNO5/c1-19(10-2-3-16(20)21)17(22)15-9-8-14(24-15)11-23-13-6-4-12(18)5-7-13/h4-9H,2-3,10-11H2,1H3,(H,20,21). The number of hydrogen-bond acceptors (Lipinski definition) is 4. The second-order valence-corrected chi connectivity index (χ2v) is 5.23. The predicted molar refractivity (Wildman–Crippen MR) is 83.3 cm³/mol. The Bertz CT molecular complexity index is 695. The molecule has 0 aliphatic heterocycles. The molecule has 0 atom stereocenters. The van der Waals surface area contributed by atoms with E-state index >= 15 is 0 Å². The predicted octanol–water partition coefficient (Wildman–Crippen LogP) is 2.93. The van der Waals surface area contributed by atoms with Gasteiger partial charge in [0.2, 0.25) is 0 Å². The minimum atomic E-state index is -0.894. The van der Waals surface area contributed by atoms with Crippen molar-refractivity contribution in [2.75, 3.05) is 13.6 Å². The number of furan rings is 1. The number of nitrogens with zero attached hydrogens (tertiary/aromatic N) is 1. The Hall–Kier alpha value is -2.83. The van der Waals surface area contributed by atoms with Crippen molar-refractivity contribution in [1.82, 2.24) is 4.90 Å². The van der Waals surface area contributed by atoms with Gasteiger partial charge in [0.15, 0.2) is 5.76 Å². The molecule has 128 valence electrons. The lowest BCUT2D eigenvalue weighted by Crippen LogP contribution is -2.27. The van der Waals surface area contributed by atoms with Gasteiger partial charge in [-0.05, 0) is 42.8 Å². The van der Waals surface area contributed by atoms with Crippen molar-refractivity contribution in [2.24, 2.45) is 0 Å². The number of carboxylic acid groups (broad SMARTS) is 1. The molecule has 0 bridgehead atoms. The van der Waals surface area contributed by atoms with Crippen molar-refractivity contribution >= 4 is 11.9 Å². The van der Waals surface area contributed by atoms with Gasteiger partial charge in [-0.25, -0.2) is 4.39 Å². The number of halogens is 1. The van der Waals surface area contributed by atoms with E-state index in [1.54, 1.807) is 19.2 Å². The van der Waals surface area contributed by atoms with E-state index in [-0.39, 0.29) is 30.5 Å². The molecule has 0 unspecified atom stereocenters. The van der Waals surface area contributed by atoms with Gasteiger partial charge in [0.25, 0.3) is 5.91 Å². The first-order valence-corrected chi connectivity index (χ1v) is 7.40. The minimum absolute atomic E-state index is 0.00648. The largest absolute Gasteiger partial charge is 0.486 e. The topological polar surface area (TPSA) is 80.0 Å². The molecule has 6 nitrogen and oxygen atoms in total. The molecule has 1 heterocycles. The molecular formula is C17H18FNO5. The molecule has 0 radical (unpaired) electrons. The van der Waals surface area contributed by atoms with Crippen LogP contribution < -0.4 is 4.74 Å². The molecule has 1 aromatic carbocycles. The van der Waals surface area contributed by atoms with Crippen LogP contribution in [0.25, 0.3) is 0 Å². The van der Waals surface area contributed by atoms with Crippen LogP contribution in [0.5, 0.6) is 5.75 Å². The van der Waals surface area contributed by atoms with E-state index in [1.807, 2.05) is 0 Å². The molecule has 0 saturated carbocycles. The van der Waals surface area contributed by atoms with Crippen LogP contribution in [0, 0.1) is 5.82 Å². The molecule has 2 rings (SSSR count). The lowest BCUT2D eigenvalue weighted by molar-refractivity contribution is -0.137. The van der Waals surface area contributed by atoms with E-state index in [1.165, 1.54) is 29.2 Å². The number of carbonyl (C=O) groups is 2. The Kier molecular flexibility index (Phi) is 5.95. The van der Waals surface area contributed by atoms with Crippen molar-refractivity contribution in [3.05, 3.63) is 53.7 Å². The van der Waals surface area contributed by atoms with Gasteiger partial charge in [0.05, 0.1) is 0 Å². The van der Waals surface area contributed by atoms with E-state index in [4.69, 9.17) is 14.3 Å². The van der Waals surface area contributed by atoms with Crippen LogP contribution in [0.4, 0.5) is 4.39 Å². The fraction of sp³-hybridized carbons (Fsp3) is 0.294. The van der Waals surface area contributed by atoms with Gasteiger partial charge < -0.3 is 19.2 Å². The third-order valence-corrected chi connectivity index (χ3v) is 3.30. The zero-order valence-corrected chi connectivity index (χ0v) is 13.2. The van der Waals surface area contributed by atoms with Crippen molar-refractivity contribution in [3.8, 4) is 5.75 Å². The van der Waals surface area contributed by atoms with Gasteiger partial charge in [-0.3, -0.25) is 9.59 Å². The first-order valence-electron chi connectivity index (χ1n) is 7.40. The maximum Gasteiger partial charge on any atom is 0.303 e. The Balaban J connectivity index is 1.86. The number of carbonyl (C=O) groups excluding carboxylic acids is 1. The first kappa shape index (κ1) is 17.5. The van der Waals surface area contributed by atoms with Crippen LogP contribution in [-0.4, -0.2) is 35.5 Å². The lowest BCUT2D eigenvalue weighted by atomic mass is 10.3. The van der Waals surface area contributed by atoms with E-state index in [2.05, 4.69) is 0 Å². The molecule has 0 spiro atoms. The molecule has 0 aliphatic rings. The molecule has 1 N–H and O–H groups in total. The van der Waals surface area contributed by atoms with Gasteiger partial charge in [-0.1, -0.05) is 0 Å². The summed E-state index contributed by atoms with van der Waals surface area (Å²) in [5.41, 5.74) is 0. The molecular weight excluding hydrogens is 317 g/mol. The van der Waals surface area contributed by atoms with Crippen LogP contribution in [0.2, 0.25) is 0 Å². The zero-order chi connectivity index (χ0) is 17.5. The van der Waals surface area contributed by atoms with Crippen LogP contribution >= 0.6 is 0 Å². The van der Waals surface area contributed by atoms with Crippen LogP contribution in [0.3, 0.4) is 0 Å². The number of amides is 1. The van der Waals surface area contributed by atoms with E-state index in [0.717, 1.165) is 0 Å². The highest BCUT2D eigenvalue weighted by molar-refractivity contribution is 5.91. The quantitative estimate of drug-likeness (QED) is 0.802. The molecule has 1 aromatic heterocycles. The summed E-state index contributed by atoms with van der Waals surface area (Å²) in [5, 5.41) is 8.60. The normalized spacial score (nSPS) is 10.4. The third-order valence-electron chi connectivity index (χ3n) is 3.30. The van der Waals surface area contributed by atoms with Crippen LogP contribution in [-0.2, 0) is 11.4 Å². The Morgan fingerprint density at radius 1 is 1.21 bits per heavy atom. The SMILES string of the molecule is CN(CCCC(=O)O)C(=O)c1ccc(COc2ccc(F)cc2)o1. The summed E-state index contributed by atoms with van der Waals surface area (Å²) in [6, 6.07) is 8.75. The molecule has 0 saturated heterocycles. The van der Waals surface area contributed by atoms with Crippen molar-refractivity contribution in [1.29, 1.82) is 0 Å². The number of benzene rings is 1. The molecule has 0 fully saturated rings.